The summed E-state index contributed by atoms with van der Waals surface area (Å²) >= 11 is 0. The van der Waals surface area contributed by atoms with Crippen molar-refractivity contribution in [3.63, 3.8) is 0 Å². The van der Waals surface area contributed by atoms with Gasteiger partial charge in [0.15, 0.2) is 11.5 Å². The van der Waals surface area contributed by atoms with Crippen molar-refractivity contribution in [2.45, 2.75) is 0 Å². The van der Waals surface area contributed by atoms with Gasteiger partial charge in [-0.2, -0.15) is 0 Å². The Morgan fingerprint density at radius 3 is 2.86 bits per heavy atom. The molecular weight excluding hydrogens is 272 g/mol. The molecule has 0 radical (unpaired) electrons. The average molecular weight is 284 g/mol. The first-order valence-electron chi connectivity index (χ1n) is 6.16. The van der Waals surface area contributed by atoms with Gasteiger partial charge in [0.05, 0.1) is 19.6 Å². The zero-order chi connectivity index (χ0) is 15.0. The van der Waals surface area contributed by atoms with Gasteiger partial charge in [0.25, 0.3) is 0 Å². The Balaban J connectivity index is 2.13. The van der Waals surface area contributed by atoms with Gasteiger partial charge in [0.1, 0.15) is 16.8 Å². The first-order chi connectivity index (χ1) is 10.1. The maximum atomic E-state index is 11.2. The number of ether oxygens (including phenoxy) is 1. The predicted molar refractivity (Wildman–Crippen MR) is 75.3 cm³/mol. The second-order valence-corrected chi connectivity index (χ2v) is 4.48. The fourth-order valence-electron chi connectivity index (χ4n) is 2.07. The van der Waals surface area contributed by atoms with E-state index in [4.69, 9.17) is 4.74 Å². The maximum absolute atomic E-state index is 11.2. The lowest BCUT2D eigenvalue weighted by Gasteiger charge is -2.07. The number of nitrogens with zero attached hydrogens (tertiary/aromatic N) is 4. The van der Waals surface area contributed by atoms with E-state index in [1.54, 1.807) is 24.7 Å². The summed E-state index contributed by atoms with van der Waals surface area (Å²) in [4.78, 5) is 24.0. The second kappa shape index (κ2) is 4.86. The molecule has 0 unspecified atom stereocenters. The van der Waals surface area contributed by atoms with Gasteiger partial charge in [-0.25, -0.2) is 19.7 Å². The quantitative estimate of drug-likeness (QED) is 0.787. The first-order valence-corrected chi connectivity index (χ1v) is 6.16. The zero-order valence-electron chi connectivity index (χ0n) is 11.4. The Labute approximate surface area is 119 Å². The lowest BCUT2D eigenvalue weighted by Crippen LogP contribution is -2.01. The molecule has 2 aromatic heterocycles. The number of imidazole rings is 1. The standard InChI is InChI=1S/C14H12N4O3/c1-18-7-16-13-10(18)6-15-12(17-13)8-3-4-11(21-2)9(5-8)14(19)20/h3-7H,1-2H3,(H,19,20). The number of aromatic nitrogens is 4. The van der Waals surface area contributed by atoms with Gasteiger partial charge < -0.3 is 14.4 Å². The van der Waals surface area contributed by atoms with Crippen molar-refractivity contribution in [2.24, 2.45) is 7.05 Å². The maximum Gasteiger partial charge on any atom is 0.339 e. The molecule has 3 rings (SSSR count). The van der Waals surface area contributed by atoms with Crippen LogP contribution >= 0.6 is 0 Å². The number of hydrogen-bond acceptors (Lipinski definition) is 5. The van der Waals surface area contributed by atoms with Crippen molar-refractivity contribution >= 4 is 17.1 Å². The summed E-state index contributed by atoms with van der Waals surface area (Å²) in [6.45, 7) is 0. The molecule has 21 heavy (non-hydrogen) atoms. The molecular formula is C14H12N4O3. The summed E-state index contributed by atoms with van der Waals surface area (Å²) in [5.41, 5.74) is 2.04. The Morgan fingerprint density at radius 1 is 1.33 bits per heavy atom. The first kappa shape index (κ1) is 13.0. The number of hydrogen-bond donors (Lipinski definition) is 1. The molecule has 7 nitrogen and oxygen atoms in total. The highest BCUT2D eigenvalue weighted by atomic mass is 16.5. The molecule has 1 N–H and O–H groups in total. The molecule has 0 atom stereocenters. The van der Waals surface area contributed by atoms with Gasteiger partial charge in [-0.05, 0) is 18.2 Å². The number of carbonyl (C=O) groups is 1. The molecule has 0 aliphatic rings. The summed E-state index contributed by atoms with van der Waals surface area (Å²) in [5.74, 6) is -0.343. The van der Waals surface area contributed by atoms with Crippen molar-refractivity contribution in [1.29, 1.82) is 0 Å². The Kier molecular flexibility index (Phi) is 3.02. The van der Waals surface area contributed by atoms with Crippen LogP contribution in [0, 0.1) is 0 Å². The van der Waals surface area contributed by atoms with E-state index >= 15 is 0 Å². The van der Waals surface area contributed by atoms with Crippen LogP contribution in [0.5, 0.6) is 5.75 Å². The summed E-state index contributed by atoms with van der Waals surface area (Å²) < 4.78 is 6.85. The molecule has 0 saturated heterocycles. The number of fused-ring (bicyclic) bond motifs is 1. The minimum atomic E-state index is -1.06. The van der Waals surface area contributed by atoms with E-state index in [9.17, 15) is 9.90 Å². The number of carboxylic acids is 1. The number of benzene rings is 1. The number of aryl methyl sites for hydroxylation is 1. The highest BCUT2D eigenvalue weighted by Gasteiger charge is 2.14. The van der Waals surface area contributed by atoms with Crippen LogP contribution in [0.3, 0.4) is 0 Å². The van der Waals surface area contributed by atoms with Gasteiger partial charge in [-0.3, -0.25) is 0 Å². The summed E-state index contributed by atoms with van der Waals surface area (Å²) in [5, 5.41) is 9.21. The lowest BCUT2D eigenvalue weighted by molar-refractivity contribution is 0.0693. The molecule has 0 aliphatic carbocycles. The molecule has 0 aliphatic heterocycles. The minimum absolute atomic E-state index is 0.0692. The van der Waals surface area contributed by atoms with E-state index in [0.717, 1.165) is 5.52 Å². The van der Waals surface area contributed by atoms with Crippen LogP contribution in [0.15, 0.2) is 30.7 Å². The van der Waals surface area contributed by atoms with Gasteiger partial charge in [0.2, 0.25) is 0 Å². The van der Waals surface area contributed by atoms with Crippen LogP contribution in [0.25, 0.3) is 22.6 Å². The second-order valence-electron chi connectivity index (χ2n) is 4.48. The number of aromatic carboxylic acids is 1. The fourth-order valence-corrected chi connectivity index (χ4v) is 2.07. The average Bonchev–Trinajstić information content (AvgIpc) is 2.87. The van der Waals surface area contributed by atoms with Crippen LogP contribution in [-0.4, -0.2) is 37.7 Å². The van der Waals surface area contributed by atoms with E-state index in [1.165, 1.54) is 13.2 Å². The van der Waals surface area contributed by atoms with E-state index in [-0.39, 0.29) is 5.56 Å². The van der Waals surface area contributed by atoms with Gasteiger partial charge >= 0.3 is 5.97 Å². The van der Waals surface area contributed by atoms with Crippen LogP contribution in [0.4, 0.5) is 0 Å². The third-order valence-electron chi connectivity index (χ3n) is 3.17. The molecule has 0 amide bonds. The zero-order valence-corrected chi connectivity index (χ0v) is 11.4. The van der Waals surface area contributed by atoms with Gasteiger partial charge in [-0.15, -0.1) is 0 Å². The van der Waals surface area contributed by atoms with E-state index < -0.39 is 5.97 Å². The molecule has 0 spiro atoms. The normalized spacial score (nSPS) is 10.8. The molecule has 1 aromatic carbocycles. The Morgan fingerprint density at radius 2 is 2.14 bits per heavy atom. The summed E-state index contributed by atoms with van der Waals surface area (Å²) in [6, 6.07) is 4.80. The highest BCUT2D eigenvalue weighted by molar-refractivity contribution is 5.92. The fraction of sp³-hybridized carbons (Fsp3) is 0.143. The van der Waals surface area contributed by atoms with E-state index in [1.807, 2.05) is 11.6 Å². The smallest absolute Gasteiger partial charge is 0.339 e. The number of rotatable bonds is 3. The van der Waals surface area contributed by atoms with Crippen LogP contribution in [-0.2, 0) is 7.05 Å². The van der Waals surface area contributed by atoms with Crippen LogP contribution in [0.1, 0.15) is 10.4 Å². The monoisotopic (exact) mass is 284 g/mol. The molecule has 7 heteroatoms. The SMILES string of the molecule is COc1ccc(-c2ncc3c(ncn3C)n2)cc1C(=O)O. The molecule has 0 bridgehead atoms. The third kappa shape index (κ3) is 2.18. The summed E-state index contributed by atoms with van der Waals surface area (Å²) in [7, 11) is 3.28. The number of methoxy groups -OCH3 is 1. The number of carboxylic acid groups (broad SMARTS) is 1. The van der Waals surface area contributed by atoms with Crippen LogP contribution in [0.2, 0.25) is 0 Å². The van der Waals surface area contributed by atoms with Crippen molar-refractivity contribution in [2.75, 3.05) is 7.11 Å². The molecule has 0 fully saturated rings. The van der Waals surface area contributed by atoms with E-state index in [2.05, 4.69) is 15.0 Å². The molecule has 0 saturated carbocycles. The highest BCUT2D eigenvalue weighted by Crippen LogP contribution is 2.25. The molecule has 3 aromatic rings. The van der Waals surface area contributed by atoms with E-state index in [0.29, 0.717) is 22.8 Å². The van der Waals surface area contributed by atoms with Gasteiger partial charge in [0, 0.05) is 12.6 Å². The van der Waals surface area contributed by atoms with Crippen molar-refractivity contribution in [3.05, 3.63) is 36.3 Å². The third-order valence-corrected chi connectivity index (χ3v) is 3.17. The Bertz CT molecular complexity index is 841. The van der Waals surface area contributed by atoms with Gasteiger partial charge in [-0.1, -0.05) is 0 Å². The van der Waals surface area contributed by atoms with Crippen molar-refractivity contribution < 1.29 is 14.6 Å². The Hall–Kier alpha value is -2.96. The largest absolute Gasteiger partial charge is 0.496 e. The van der Waals surface area contributed by atoms with Crippen LogP contribution < -0.4 is 4.74 Å². The molecule has 2 heterocycles. The van der Waals surface area contributed by atoms with Crippen molar-refractivity contribution in [3.8, 4) is 17.1 Å². The predicted octanol–water partition coefficient (Wildman–Crippen LogP) is 1.74. The minimum Gasteiger partial charge on any atom is -0.496 e. The summed E-state index contributed by atoms with van der Waals surface area (Å²) in [6.07, 6.45) is 3.31. The lowest BCUT2D eigenvalue weighted by atomic mass is 10.1. The topological polar surface area (TPSA) is 90.1 Å². The van der Waals surface area contributed by atoms with Crippen molar-refractivity contribution in [1.82, 2.24) is 19.5 Å². The molecule has 106 valence electrons.